The van der Waals surface area contributed by atoms with Crippen molar-refractivity contribution in [3.8, 4) is 89.0 Å². The average Bonchev–Trinajstić information content (AvgIpc) is 1.59. The van der Waals surface area contributed by atoms with Crippen LogP contribution in [0.5, 0.6) is 0 Å². The maximum absolute atomic E-state index is 6.88. The van der Waals surface area contributed by atoms with E-state index in [1.165, 1.54) is 134 Å². The lowest BCUT2D eigenvalue weighted by Crippen LogP contribution is -2.16. The number of nitrogens with zero attached hydrogens (tertiary/aromatic N) is 1. The predicted molar refractivity (Wildman–Crippen MR) is 475 cm³/mol. The molecule has 0 amide bonds. The molecule has 18 aromatic rings. The van der Waals surface area contributed by atoms with Crippen LogP contribution in [0.2, 0.25) is 5.02 Å². The topological polar surface area (TPSA) is 41.6 Å². The molecule has 0 saturated carbocycles. The first-order valence-corrected chi connectivity index (χ1v) is 39.7. The average molecular weight is 1480 g/mol. The van der Waals surface area contributed by atoms with Gasteiger partial charge in [-0.1, -0.05) is 322 Å². The standard InChI is InChI=1S/C54H41NO.C27H19ClO.C27H23N/c1-53(2)46-18-10-8-15-40(46)42-28-23-37(32-48(42)53)36-24-30-51-45(31-36)44-17-12-20-50(52(44)56-51)55(38-25-21-35(22-26-38)34-13-6-5-7-14-34)39-27-29-43-41-16-9-11-19-47(41)54(3,4)49(43)33-39;1-27(2)22-8-4-3-6-18(22)19-12-10-17(15-23(19)27)16-11-13-25-21(14-16)20-7-5-9-24(28)26(20)29-25;1-27(2)25-11-7-6-10-23(25)24-17-16-22(18-26(24)27)28-21-14-12-20(13-15-21)19-8-4-3-5-9-19/h5-33H,1-4H3;3-15H,1-2H3;3-18,28H,1-2H3. The molecule has 16 aromatic carbocycles. The number of halogens is 1. The van der Waals surface area contributed by atoms with Gasteiger partial charge in [-0.25, -0.2) is 0 Å². The largest absolute Gasteiger partial charge is 0.454 e. The SMILES string of the molecule is CC1(C)c2ccccc2-c2ccc(-c3ccc4oc5c(Cl)cccc5c4c3)cc21.CC1(C)c2ccccc2-c2ccc(-c3ccc4oc5c(N(c6ccc(-c7ccccc7)cc6)c6ccc7c(c6)C(C)(C)c6ccccc6-7)cccc5c4c3)cc21.CC1(C)c2ccccc2-c2ccc(Nc3ccc(-c4ccccc4)cc3)cc21. The Morgan fingerprint density at radius 3 is 1.06 bits per heavy atom. The summed E-state index contributed by atoms with van der Waals surface area (Å²) in [4.78, 5) is 2.37. The molecule has 1 N–H and O–H groups in total. The van der Waals surface area contributed by atoms with Crippen molar-refractivity contribution in [3.05, 3.63) is 401 Å². The lowest BCUT2D eigenvalue weighted by atomic mass is 9.81. The second-order valence-electron chi connectivity index (χ2n) is 32.9. The van der Waals surface area contributed by atoms with Crippen LogP contribution in [0.3, 0.4) is 0 Å². The highest BCUT2D eigenvalue weighted by Crippen LogP contribution is 2.56. The Morgan fingerprint density at radius 2 is 0.575 bits per heavy atom. The fourth-order valence-electron chi connectivity index (χ4n) is 18.9. The van der Waals surface area contributed by atoms with Crippen LogP contribution in [0.15, 0.2) is 361 Å². The summed E-state index contributed by atoms with van der Waals surface area (Å²) in [6.45, 7) is 18.6. The molecule has 4 aliphatic rings. The van der Waals surface area contributed by atoms with Gasteiger partial charge in [-0.3, -0.25) is 0 Å². The summed E-state index contributed by atoms with van der Waals surface area (Å²) in [5.41, 5.74) is 40.2. The van der Waals surface area contributed by atoms with E-state index in [0.29, 0.717) is 5.02 Å². The minimum atomic E-state index is -0.123. The molecule has 2 heterocycles. The van der Waals surface area contributed by atoms with E-state index in [1.807, 2.05) is 24.3 Å². The third-order valence-corrected chi connectivity index (χ3v) is 25.2. The molecular weight excluding hydrogens is 1390 g/mol. The van der Waals surface area contributed by atoms with E-state index in [4.69, 9.17) is 20.4 Å². The van der Waals surface area contributed by atoms with Gasteiger partial charge in [-0.15, -0.1) is 0 Å². The zero-order chi connectivity index (χ0) is 76.7. The van der Waals surface area contributed by atoms with Gasteiger partial charge < -0.3 is 19.1 Å². The van der Waals surface area contributed by atoms with Crippen molar-refractivity contribution >= 4 is 83.9 Å². The molecule has 0 atom stereocenters. The second-order valence-corrected chi connectivity index (χ2v) is 33.3. The van der Waals surface area contributed by atoms with Crippen LogP contribution in [-0.4, -0.2) is 0 Å². The number of furan rings is 2. The highest BCUT2D eigenvalue weighted by atomic mass is 35.5. The van der Waals surface area contributed by atoms with Gasteiger partial charge in [0.25, 0.3) is 0 Å². The van der Waals surface area contributed by atoms with E-state index in [0.717, 1.165) is 72.3 Å². The first-order chi connectivity index (χ1) is 54.9. The summed E-state index contributed by atoms with van der Waals surface area (Å²) in [5, 5.41) is 8.61. The van der Waals surface area contributed by atoms with Crippen LogP contribution in [-0.2, 0) is 21.7 Å². The van der Waals surface area contributed by atoms with Gasteiger partial charge in [0.1, 0.15) is 11.2 Å². The van der Waals surface area contributed by atoms with Crippen LogP contribution in [0.4, 0.5) is 28.4 Å². The maximum Gasteiger partial charge on any atom is 0.159 e. The van der Waals surface area contributed by atoms with Gasteiger partial charge in [0.2, 0.25) is 0 Å². The fraction of sp³-hybridized carbons (Fsp3) is 0.111. The van der Waals surface area contributed by atoms with Crippen molar-refractivity contribution in [1.82, 2.24) is 0 Å². The third kappa shape index (κ3) is 11.5. The summed E-state index contributed by atoms with van der Waals surface area (Å²) < 4.78 is 12.9. The predicted octanol–water partition coefficient (Wildman–Crippen LogP) is 30.6. The van der Waals surface area contributed by atoms with E-state index in [2.05, 4.69) is 393 Å². The van der Waals surface area contributed by atoms with Gasteiger partial charge in [-0.05, 0) is 231 Å². The highest BCUT2D eigenvalue weighted by Gasteiger charge is 2.40. The van der Waals surface area contributed by atoms with Crippen molar-refractivity contribution in [2.45, 2.75) is 77.0 Å². The molecular formula is C108H83ClN2O2. The smallest absolute Gasteiger partial charge is 0.159 e. The molecule has 0 aliphatic heterocycles. The molecule has 0 bridgehead atoms. The van der Waals surface area contributed by atoms with Crippen LogP contribution in [0.25, 0.3) is 133 Å². The lowest BCUT2D eigenvalue weighted by molar-refractivity contribution is 0.660. The van der Waals surface area contributed by atoms with E-state index < -0.39 is 0 Å². The molecule has 4 nitrogen and oxygen atoms in total. The monoisotopic (exact) mass is 1470 g/mol. The van der Waals surface area contributed by atoms with Gasteiger partial charge in [-0.2, -0.15) is 0 Å². The maximum atomic E-state index is 6.88. The van der Waals surface area contributed by atoms with Crippen molar-refractivity contribution in [2.24, 2.45) is 0 Å². The summed E-state index contributed by atoms with van der Waals surface area (Å²) in [6, 6.07) is 127. The lowest BCUT2D eigenvalue weighted by Gasteiger charge is -2.28. The molecule has 4 aliphatic carbocycles. The molecule has 0 radical (unpaired) electrons. The highest BCUT2D eigenvalue weighted by molar-refractivity contribution is 6.36. The van der Waals surface area contributed by atoms with E-state index in [9.17, 15) is 0 Å². The number of benzene rings is 16. The quantitative estimate of drug-likeness (QED) is 0.156. The Balaban J connectivity index is 0.000000122. The van der Waals surface area contributed by atoms with E-state index in [-0.39, 0.29) is 21.7 Å². The minimum absolute atomic E-state index is 0.00189. The zero-order valence-electron chi connectivity index (χ0n) is 64.6. The van der Waals surface area contributed by atoms with Crippen LogP contribution in [0, 0.1) is 0 Å². The second kappa shape index (κ2) is 26.6. The van der Waals surface area contributed by atoms with Gasteiger partial charge in [0.15, 0.2) is 11.2 Å². The van der Waals surface area contributed by atoms with Crippen LogP contribution < -0.4 is 10.2 Å². The molecule has 544 valence electrons. The summed E-state index contributed by atoms with van der Waals surface area (Å²) in [6.07, 6.45) is 0. The number of hydrogen-bond donors (Lipinski definition) is 1. The van der Waals surface area contributed by atoms with Crippen LogP contribution in [0.1, 0.15) is 99.9 Å². The Labute approximate surface area is 665 Å². The number of hydrogen-bond acceptors (Lipinski definition) is 4. The molecule has 0 saturated heterocycles. The molecule has 0 spiro atoms. The van der Waals surface area contributed by atoms with E-state index in [1.54, 1.807) is 0 Å². The van der Waals surface area contributed by atoms with Crippen molar-refractivity contribution in [3.63, 3.8) is 0 Å². The molecule has 113 heavy (non-hydrogen) atoms. The van der Waals surface area contributed by atoms with Gasteiger partial charge >= 0.3 is 0 Å². The number of nitrogens with one attached hydrogen (secondary N) is 1. The Hall–Kier alpha value is -13.0. The number of para-hydroxylation sites is 2. The first kappa shape index (κ1) is 69.2. The summed E-state index contributed by atoms with van der Waals surface area (Å²) in [7, 11) is 0. The molecule has 0 unspecified atom stereocenters. The normalized spacial score (nSPS) is 14.2. The van der Waals surface area contributed by atoms with Crippen LogP contribution >= 0.6 is 11.6 Å². The molecule has 22 rings (SSSR count). The minimum Gasteiger partial charge on any atom is -0.454 e. The van der Waals surface area contributed by atoms with Crippen molar-refractivity contribution in [1.29, 1.82) is 0 Å². The Morgan fingerprint density at radius 1 is 0.239 bits per heavy atom. The Bertz CT molecular complexity index is 6830. The first-order valence-electron chi connectivity index (χ1n) is 39.4. The third-order valence-electron chi connectivity index (χ3n) is 24.9. The van der Waals surface area contributed by atoms with E-state index >= 15 is 0 Å². The molecule has 5 heteroatoms. The van der Waals surface area contributed by atoms with Crippen molar-refractivity contribution in [2.75, 3.05) is 10.2 Å². The number of fused-ring (bicyclic) bond motifs is 18. The summed E-state index contributed by atoms with van der Waals surface area (Å²) in [5.74, 6) is 0. The molecule has 0 fully saturated rings. The summed E-state index contributed by atoms with van der Waals surface area (Å²) >= 11 is 6.33. The Kier molecular flexibility index (Phi) is 16.3. The van der Waals surface area contributed by atoms with Gasteiger partial charge in [0.05, 0.1) is 10.7 Å². The van der Waals surface area contributed by atoms with Crippen molar-refractivity contribution < 1.29 is 8.83 Å². The molecule has 2 aromatic heterocycles. The van der Waals surface area contributed by atoms with Gasteiger partial charge in [0, 0.05) is 66.0 Å². The fourth-order valence-corrected chi connectivity index (χ4v) is 19.1. The number of rotatable bonds is 9. The number of anilines is 5. The zero-order valence-corrected chi connectivity index (χ0v) is 65.4.